The second kappa shape index (κ2) is 7.69. The third-order valence-corrected chi connectivity index (χ3v) is 4.11. The summed E-state index contributed by atoms with van der Waals surface area (Å²) in [6.45, 7) is 3.17. The second-order valence-electron chi connectivity index (χ2n) is 5.01. The second-order valence-corrected chi connectivity index (χ2v) is 5.78. The molecule has 2 N–H and O–H groups in total. The molecule has 2 rings (SSSR count). The van der Waals surface area contributed by atoms with E-state index < -0.39 is 17.9 Å². The quantitative estimate of drug-likeness (QED) is 0.806. The van der Waals surface area contributed by atoms with Crippen LogP contribution in [0.1, 0.15) is 33.3 Å². The largest absolute Gasteiger partial charge is 0.467 e. The van der Waals surface area contributed by atoms with Crippen molar-refractivity contribution in [1.82, 2.24) is 9.69 Å². The number of rotatable bonds is 5. The van der Waals surface area contributed by atoms with Crippen molar-refractivity contribution in [3.8, 4) is 0 Å². The van der Waals surface area contributed by atoms with Gasteiger partial charge in [-0.3, -0.25) is 9.59 Å². The van der Waals surface area contributed by atoms with E-state index in [1.807, 2.05) is 0 Å². The predicted octanol–water partition coefficient (Wildman–Crippen LogP) is 2.00. The van der Waals surface area contributed by atoms with Gasteiger partial charge in [-0.2, -0.15) is 4.37 Å². The van der Waals surface area contributed by atoms with E-state index in [-0.39, 0.29) is 11.5 Å². The van der Waals surface area contributed by atoms with E-state index in [4.69, 9.17) is 0 Å². The maximum Gasteiger partial charge on any atom is 0.328 e. The van der Waals surface area contributed by atoms with Crippen LogP contribution in [0.25, 0.3) is 0 Å². The maximum absolute atomic E-state index is 12.4. The Balaban J connectivity index is 2.18. The molecule has 2 amide bonds. The number of aryl methyl sites for hydroxylation is 1. The minimum absolute atomic E-state index is 0.236. The van der Waals surface area contributed by atoms with Crippen LogP contribution in [0.15, 0.2) is 30.3 Å². The van der Waals surface area contributed by atoms with Gasteiger partial charge in [-0.1, -0.05) is 18.2 Å². The van der Waals surface area contributed by atoms with Crippen molar-refractivity contribution < 1.29 is 19.1 Å². The number of ether oxygens (including phenoxy) is 1. The van der Waals surface area contributed by atoms with Gasteiger partial charge in [-0.05, 0) is 37.5 Å². The third-order valence-electron chi connectivity index (χ3n) is 3.26. The molecule has 0 fully saturated rings. The van der Waals surface area contributed by atoms with Gasteiger partial charge in [0.15, 0.2) is 0 Å². The average molecular weight is 347 g/mol. The zero-order chi connectivity index (χ0) is 17.7. The number of hydrogen-bond acceptors (Lipinski definition) is 6. The fourth-order valence-corrected chi connectivity index (χ4v) is 2.78. The first kappa shape index (κ1) is 17.6. The number of esters is 1. The molecule has 1 atom stereocenters. The highest BCUT2D eigenvalue weighted by molar-refractivity contribution is 7.11. The molecule has 0 aliphatic rings. The third kappa shape index (κ3) is 3.96. The fourth-order valence-electron chi connectivity index (χ4n) is 1.99. The monoisotopic (exact) mass is 347 g/mol. The van der Waals surface area contributed by atoms with Gasteiger partial charge in [0.05, 0.1) is 18.4 Å². The van der Waals surface area contributed by atoms with Gasteiger partial charge in [0.25, 0.3) is 11.8 Å². The van der Waals surface area contributed by atoms with Crippen molar-refractivity contribution >= 4 is 34.3 Å². The summed E-state index contributed by atoms with van der Waals surface area (Å²) >= 11 is 1.01. The number of carbonyl (C=O) groups is 3. The highest BCUT2D eigenvalue weighted by Crippen LogP contribution is 2.25. The molecule has 24 heavy (non-hydrogen) atoms. The molecule has 0 bridgehead atoms. The maximum atomic E-state index is 12.4. The van der Waals surface area contributed by atoms with E-state index in [0.717, 1.165) is 11.5 Å². The summed E-state index contributed by atoms with van der Waals surface area (Å²) in [7, 11) is 1.24. The SMILES string of the molecule is COC(=O)C(C)NC(=O)c1c(C)nsc1NC(=O)c1ccccc1. The molecule has 1 heterocycles. The molecule has 1 unspecified atom stereocenters. The van der Waals surface area contributed by atoms with Crippen LogP contribution in [-0.4, -0.2) is 35.3 Å². The average Bonchev–Trinajstić information content (AvgIpc) is 2.95. The van der Waals surface area contributed by atoms with Gasteiger partial charge in [0.1, 0.15) is 11.0 Å². The first-order valence-corrected chi connectivity index (χ1v) is 7.92. The minimum Gasteiger partial charge on any atom is -0.467 e. The van der Waals surface area contributed by atoms with Crippen LogP contribution in [-0.2, 0) is 9.53 Å². The fraction of sp³-hybridized carbons (Fsp3) is 0.250. The van der Waals surface area contributed by atoms with Crippen LogP contribution in [0.5, 0.6) is 0 Å². The standard InChI is InChI=1S/C16H17N3O4S/c1-9-12(14(21)17-10(2)16(22)23-3)15(24-19-9)18-13(20)11-7-5-4-6-8-11/h4-8,10H,1-3H3,(H,17,21)(H,18,20). The number of anilines is 1. The Labute approximate surface area is 143 Å². The molecule has 1 aromatic heterocycles. The van der Waals surface area contributed by atoms with E-state index in [9.17, 15) is 14.4 Å². The van der Waals surface area contributed by atoms with Crippen LogP contribution in [0.3, 0.4) is 0 Å². The molecule has 0 saturated heterocycles. The summed E-state index contributed by atoms with van der Waals surface area (Å²) in [6, 6.07) is 7.84. The van der Waals surface area contributed by atoms with Crippen molar-refractivity contribution in [1.29, 1.82) is 0 Å². The number of benzene rings is 1. The summed E-state index contributed by atoms with van der Waals surface area (Å²) < 4.78 is 8.68. The normalized spacial score (nSPS) is 11.5. The van der Waals surface area contributed by atoms with E-state index in [1.54, 1.807) is 37.3 Å². The Morgan fingerprint density at radius 3 is 2.46 bits per heavy atom. The Morgan fingerprint density at radius 2 is 1.83 bits per heavy atom. The summed E-state index contributed by atoms with van der Waals surface area (Å²) in [6.07, 6.45) is 0. The van der Waals surface area contributed by atoms with Crippen molar-refractivity contribution in [2.24, 2.45) is 0 Å². The first-order valence-electron chi connectivity index (χ1n) is 7.15. The van der Waals surface area contributed by atoms with Gasteiger partial charge in [0, 0.05) is 5.56 Å². The lowest BCUT2D eigenvalue weighted by atomic mass is 10.2. The summed E-state index contributed by atoms with van der Waals surface area (Å²) in [5.74, 6) is -1.39. The van der Waals surface area contributed by atoms with Crippen LogP contribution >= 0.6 is 11.5 Å². The summed E-state index contributed by atoms with van der Waals surface area (Å²) in [4.78, 5) is 36.1. The Morgan fingerprint density at radius 1 is 1.17 bits per heavy atom. The molecule has 0 aliphatic carbocycles. The van der Waals surface area contributed by atoms with Gasteiger partial charge in [0.2, 0.25) is 0 Å². The number of amides is 2. The van der Waals surface area contributed by atoms with Crippen LogP contribution in [0, 0.1) is 6.92 Å². The van der Waals surface area contributed by atoms with E-state index in [1.165, 1.54) is 14.0 Å². The van der Waals surface area contributed by atoms with Crippen molar-refractivity contribution in [3.63, 3.8) is 0 Å². The van der Waals surface area contributed by atoms with E-state index in [2.05, 4.69) is 19.7 Å². The Bertz CT molecular complexity index is 758. The highest BCUT2D eigenvalue weighted by atomic mass is 32.1. The molecule has 0 spiro atoms. The smallest absolute Gasteiger partial charge is 0.328 e. The lowest BCUT2D eigenvalue weighted by molar-refractivity contribution is -0.142. The van der Waals surface area contributed by atoms with Gasteiger partial charge < -0.3 is 15.4 Å². The number of carbonyl (C=O) groups excluding carboxylic acids is 3. The number of nitrogens with one attached hydrogen (secondary N) is 2. The van der Waals surface area contributed by atoms with Crippen molar-refractivity contribution in [3.05, 3.63) is 47.2 Å². The Hall–Kier alpha value is -2.74. The van der Waals surface area contributed by atoms with Gasteiger partial charge in [-0.15, -0.1) is 0 Å². The van der Waals surface area contributed by atoms with E-state index in [0.29, 0.717) is 16.3 Å². The first-order chi connectivity index (χ1) is 11.4. The molecule has 126 valence electrons. The molecule has 0 radical (unpaired) electrons. The van der Waals surface area contributed by atoms with Crippen LogP contribution in [0.4, 0.5) is 5.00 Å². The summed E-state index contributed by atoms with van der Waals surface area (Å²) in [5.41, 5.74) is 1.18. The topological polar surface area (TPSA) is 97.4 Å². The predicted molar refractivity (Wildman–Crippen MR) is 90.2 cm³/mol. The molecule has 2 aromatic rings. The molecule has 0 aliphatic heterocycles. The zero-order valence-electron chi connectivity index (χ0n) is 13.5. The highest BCUT2D eigenvalue weighted by Gasteiger charge is 2.24. The molecular weight excluding hydrogens is 330 g/mol. The van der Waals surface area contributed by atoms with E-state index >= 15 is 0 Å². The number of hydrogen-bond donors (Lipinski definition) is 2. The lowest BCUT2D eigenvalue weighted by Crippen LogP contribution is -2.39. The number of methoxy groups -OCH3 is 1. The molecule has 8 heteroatoms. The number of aromatic nitrogens is 1. The molecule has 0 saturated carbocycles. The molecular formula is C16H17N3O4S. The van der Waals surface area contributed by atoms with Crippen molar-refractivity contribution in [2.75, 3.05) is 12.4 Å². The lowest BCUT2D eigenvalue weighted by Gasteiger charge is -2.12. The minimum atomic E-state index is -0.806. The van der Waals surface area contributed by atoms with Crippen LogP contribution < -0.4 is 10.6 Å². The van der Waals surface area contributed by atoms with Gasteiger partial charge in [-0.25, -0.2) is 4.79 Å². The molecule has 1 aromatic carbocycles. The molecule has 7 nitrogen and oxygen atoms in total. The Kier molecular flexibility index (Phi) is 5.64. The van der Waals surface area contributed by atoms with Crippen LogP contribution in [0.2, 0.25) is 0 Å². The van der Waals surface area contributed by atoms with Crippen molar-refractivity contribution in [2.45, 2.75) is 19.9 Å². The van der Waals surface area contributed by atoms with Gasteiger partial charge >= 0.3 is 5.97 Å². The summed E-state index contributed by atoms with van der Waals surface area (Å²) in [5, 5.41) is 5.54. The number of nitrogens with zero attached hydrogens (tertiary/aromatic N) is 1. The zero-order valence-corrected chi connectivity index (χ0v) is 14.3.